The SMILES string of the molecule is C=CCN(C(C)=O)[C@@H]1O[C@H](CO)[C@@H](O[C@@H]2O[C@H](CO)[C@H](O)[C@H](O[C@H]3O[C@H](COCc4ccccc4)[C@H](OCc4ccccc4)[C@H](OCc4ccccc4)[C@H]3OCc3ccccc3)[C@H]2O)[C@H](O)[C@H]1O. The smallest absolute Gasteiger partial charge is 0.221 e. The first kappa shape index (κ1) is 51.3. The number of carbonyl (C=O) groups is 1. The number of aliphatic hydroxyl groups excluding tert-OH is 6. The third-order valence-corrected chi connectivity index (χ3v) is 12.1. The van der Waals surface area contributed by atoms with Crippen molar-refractivity contribution in [2.45, 2.75) is 125 Å². The van der Waals surface area contributed by atoms with E-state index in [0.717, 1.165) is 27.2 Å². The highest BCUT2D eigenvalue weighted by molar-refractivity contribution is 5.73. The number of hydrogen-bond donors (Lipinski definition) is 6. The van der Waals surface area contributed by atoms with Gasteiger partial charge in [-0.1, -0.05) is 127 Å². The molecule has 15 atom stereocenters. The lowest BCUT2D eigenvalue weighted by atomic mass is 9.95. The Morgan fingerprint density at radius 3 is 1.51 bits per heavy atom. The van der Waals surface area contributed by atoms with Gasteiger partial charge in [0.2, 0.25) is 5.91 Å². The summed E-state index contributed by atoms with van der Waals surface area (Å²) in [5.74, 6) is -0.495. The molecule has 6 N–H and O–H groups in total. The second-order valence-electron chi connectivity index (χ2n) is 16.9. The van der Waals surface area contributed by atoms with Crippen LogP contribution in [0.1, 0.15) is 29.2 Å². The minimum absolute atomic E-state index is 0.0198. The summed E-state index contributed by atoms with van der Waals surface area (Å²) in [4.78, 5) is 13.6. The van der Waals surface area contributed by atoms with Gasteiger partial charge in [-0.05, 0) is 22.3 Å². The van der Waals surface area contributed by atoms with Gasteiger partial charge in [0.1, 0.15) is 73.2 Å². The van der Waals surface area contributed by atoms with Gasteiger partial charge >= 0.3 is 0 Å². The lowest BCUT2D eigenvalue weighted by Gasteiger charge is -2.50. The number of nitrogens with zero attached hydrogens (tertiary/aromatic N) is 1. The van der Waals surface area contributed by atoms with Gasteiger partial charge in [0, 0.05) is 13.5 Å². The van der Waals surface area contributed by atoms with E-state index in [9.17, 15) is 35.4 Å². The maximum atomic E-state index is 12.5. The van der Waals surface area contributed by atoms with Gasteiger partial charge < -0.3 is 78.2 Å². The van der Waals surface area contributed by atoms with Crippen LogP contribution in [0, 0.1) is 0 Å². The Morgan fingerprint density at radius 2 is 1.01 bits per heavy atom. The fraction of sp³-hybridized carbons (Fsp3) is 0.471. The topological polar surface area (TPSA) is 225 Å². The van der Waals surface area contributed by atoms with Crippen molar-refractivity contribution in [3.63, 3.8) is 0 Å². The van der Waals surface area contributed by atoms with Crippen LogP contribution in [0.25, 0.3) is 0 Å². The third-order valence-electron chi connectivity index (χ3n) is 12.1. The minimum Gasteiger partial charge on any atom is -0.394 e. The second-order valence-corrected chi connectivity index (χ2v) is 16.9. The van der Waals surface area contributed by atoms with Gasteiger partial charge in [-0.2, -0.15) is 0 Å². The molecule has 0 aromatic heterocycles. The maximum Gasteiger partial charge on any atom is 0.221 e. The maximum absolute atomic E-state index is 12.5. The van der Waals surface area contributed by atoms with E-state index in [0.29, 0.717) is 0 Å². The number of ether oxygens (including phenoxy) is 9. The fourth-order valence-electron chi connectivity index (χ4n) is 8.54. The molecule has 0 aliphatic carbocycles. The summed E-state index contributed by atoms with van der Waals surface area (Å²) in [5, 5.41) is 67.4. The van der Waals surface area contributed by atoms with Crippen LogP contribution >= 0.6 is 0 Å². The van der Waals surface area contributed by atoms with E-state index in [1.165, 1.54) is 13.0 Å². The lowest BCUT2D eigenvalue weighted by Crippen LogP contribution is -2.68. The van der Waals surface area contributed by atoms with Gasteiger partial charge in [0.15, 0.2) is 18.8 Å². The summed E-state index contributed by atoms with van der Waals surface area (Å²) in [7, 11) is 0. The van der Waals surface area contributed by atoms with Gasteiger partial charge in [0.25, 0.3) is 0 Å². The molecule has 0 unspecified atom stereocenters. The Balaban J connectivity index is 1.21. The third kappa shape index (κ3) is 13.0. The first-order valence-corrected chi connectivity index (χ1v) is 22.8. The highest BCUT2D eigenvalue weighted by atomic mass is 16.8. The Bertz CT molecular complexity index is 2090. The molecule has 0 saturated carbocycles. The van der Waals surface area contributed by atoms with E-state index >= 15 is 0 Å². The van der Waals surface area contributed by atoms with Crippen molar-refractivity contribution < 1.29 is 78.1 Å². The quantitative estimate of drug-likeness (QED) is 0.0623. The molecule has 17 heteroatoms. The lowest BCUT2D eigenvalue weighted by molar-refractivity contribution is -0.382. The van der Waals surface area contributed by atoms with Gasteiger partial charge in [-0.3, -0.25) is 4.79 Å². The number of hydrogen-bond acceptors (Lipinski definition) is 16. The second kappa shape index (κ2) is 25.4. The largest absolute Gasteiger partial charge is 0.394 e. The van der Waals surface area contributed by atoms with E-state index in [-0.39, 0.29) is 39.6 Å². The molecule has 3 fully saturated rings. The zero-order valence-electron chi connectivity index (χ0n) is 37.9. The molecule has 3 saturated heterocycles. The normalized spacial score (nSPS) is 31.8. The molecule has 1 amide bonds. The van der Waals surface area contributed by atoms with Gasteiger partial charge in [0.05, 0.1) is 46.2 Å². The molecule has 7 rings (SSSR count). The van der Waals surface area contributed by atoms with E-state index in [1.54, 1.807) is 0 Å². The Kier molecular flexibility index (Phi) is 19.2. The first-order chi connectivity index (χ1) is 33.1. The highest BCUT2D eigenvalue weighted by Crippen LogP contribution is 2.36. The highest BCUT2D eigenvalue weighted by Gasteiger charge is 2.55. The van der Waals surface area contributed by atoms with E-state index in [2.05, 4.69) is 6.58 Å². The standard InChI is InChI=1S/C51H63NO16/c1-3-24-52(32(2)55)49-42(58)41(57)44(38(26-54)64-49)67-50-43(59)46(40(56)37(25-53)65-50)68-51-48(63-30-36-22-14-7-15-23-36)47(62-29-35-20-12-6-13-21-35)45(61-28-34-18-10-5-11-19-34)39(66-51)31-60-27-33-16-8-4-9-17-33/h3-23,37-51,53-54,56-59H,1,24-31H2,2H3/t37-,38-,39-,40+,41-,42-,43-,44-,45+,46+,47+,48-,49-,50+,51-/m1/s1. The van der Waals surface area contributed by atoms with Crippen molar-refractivity contribution in [1.29, 1.82) is 0 Å². The zero-order valence-corrected chi connectivity index (χ0v) is 37.9. The van der Waals surface area contributed by atoms with E-state index in [4.69, 9.17) is 42.6 Å². The predicted molar refractivity (Wildman–Crippen MR) is 243 cm³/mol. The summed E-state index contributed by atoms with van der Waals surface area (Å²) in [5.41, 5.74) is 3.48. The van der Waals surface area contributed by atoms with Gasteiger partial charge in [-0.25, -0.2) is 0 Å². The number of amides is 1. The van der Waals surface area contributed by atoms with Crippen LogP contribution in [-0.4, -0.2) is 160 Å². The number of benzene rings is 4. The predicted octanol–water partition coefficient (Wildman–Crippen LogP) is 2.37. The Labute approximate surface area is 395 Å². The Hall–Kier alpha value is -4.51. The Morgan fingerprint density at radius 1 is 0.544 bits per heavy atom. The molecule has 3 heterocycles. The summed E-state index contributed by atoms with van der Waals surface area (Å²) < 4.78 is 57.8. The molecule has 4 aromatic rings. The van der Waals surface area contributed by atoms with E-state index in [1.807, 2.05) is 121 Å². The number of carbonyl (C=O) groups excluding carboxylic acids is 1. The zero-order chi connectivity index (χ0) is 48.0. The molecule has 68 heavy (non-hydrogen) atoms. The van der Waals surface area contributed by atoms with Crippen molar-refractivity contribution in [3.8, 4) is 0 Å². The monoisotopic (exact) mass is 945 g/mol. The van der Waals surface area contributed by atoms with E-state index < -0.39 is 111 Å². The summed E-state index contributed by atoms with van der Waals surface area (Å²) in [6.45, 7) is 3.90. The van der Waals surface area contributed by atoms with Gasteiger partial charge in [-0.15, -0.1) is 6.58 Å². The van der Waals surface area contributed by atoms with Crippen molar-refractivity contribution >= 4 is 5.91 Å². The van der Waals surface area contributed by atoms with Crippen LogP contribution in [-0.2, 0) is 73.9 Å². The van der Waals surface area contributed by atoms with Crippen LogP contribution in [0.3, 0.4) is 0 Å². The molecular formula is C51H63NO16. The summed E-state index contributed by atoms with van der Waals surface area (Å²) >= 11 is 0. The minimum atomic E-state index is -1.87. The van der Waals surface area contributed by atoms with Crippen molar-refractivity contribution in [1.82, 2.24) is 4.90 Å². The molecule has 17 nitrogen and oxygen atoms in total. The molecule has 0 radical (unpaired) electrons. The molecule has 3 aliphatic heterocycles. The average molecular weight is 946 g/mol. The van der Waals surface area contributed by atoms with Crippen LogP contribution < -0.4 is 0 Å². The molecule has 4 aromatic carbocycles. The molecule has 368 valence electrons. The first-order valence-electron chi connectivity index (χ1n) is 22.8. The van der Waals surface area contributed by atoms with Crippen LogP contribution in [0.4, 0.5) is 0 Å². The summed E-state index contributed by atoms with van der Waals surface area (Å²) in [6.07, 6.45) is -20.0. The number of aliphatic hydroxyl groups is 6. The number of rotatable bonds is 22. The summed E-state index contributed by atoms with van der Waals surface area (Å²) in [6, 6.07) is 38.2. The van der Waals surface area contributed by atoms with Crippen LogP contribution in [0.5, 0.6) is 0 Å². The molecule has 3 aliphatic rings. The van der Waals surface area contributed by atoms with Crippen molar-refractivity contribution in [3.05, 3.63) is 156 Å². The van der Waals surface area contributed by atoms with Crippen LogP contribution in [0.2, 0.25) is 0 Å². The molecule has 0 bridgehead atoms. The fourth-order valence-corrected chi connectivity index (χ4v) is 8.54. The average Bonchev–Trinajstić information content (AvgIpc) is 3.36. The van der Waals surface area contributed by atoms with Crippen molar-refractivity contribution in [2.75, 3.05) is 26.4 Å². The molecule has 0 spiro atoms. The van der Waals surface area contributed by atoms with Crippen LogP contribution in [0.15, 0.2) is 134 Å². The molecular weight excluding hydrogens is 883 g/mol. The van der Waals surface area contributed by atoms with Crippen molar-refractivity contribution in [2.24, 2.45) is 0 Å².